The van der Waals surface area contributed by atoms with E-state index in [1.807, 2.05) is 0 Å². The van der Waals surface area contributed by atoms with Crippen molar-refractivity contribution < 1.29 is 4.74 Å². The molecule has 4 nitrogen and oxygen atoms in total. The molecule has 0 bridgehead atoms. The van der Waals surface area contributed by atoms with Gasteiger partial charge in [-0.05, 0) is 70.1 Å². The summed E-state index contributed by atoms with van der Waals surface area (Å²) in [5.74, 6) is 3.83. The molecule has 1 saturated heterocycles. The van der Waals surface area contributed by atoms with Crippen molar-refractivity contribution in [2.45, 2.75) is 58.0 Å². The van der Waals surface area contributed by atoms with E-state index in [4.69, 9.17) is 9.73 Å². The highest BCUT2D eigenvalue weighted by Gasteiger charge is 2.41. The summed E-state index contributed by atoms with van der Waals surface area (Å²) in [7, 11) is 0. The predicted octanol–water partition coefficient (Wildman–Crippen LogP) is 2.55. The number of guanidine groups is 1. The van der Waals surface area contributed by atoms with Gasteiger partial charge in [0.05, 0.1) is 12.1 Å². The molecule has 1 atom stereocenters. The fourth-order valence-corrected chi connectivity index (χ4v) is 3.53. The van der Waals surface area contributed by atoms with Crippen LogP contribution in [0.2, 0.25) is 0 Å². The van der Waals surface area contributed by atoms with Crippen LogP contribution in [0.1, 0.15) is 52.4 Å². The fraction of sp³-hybridized carbons (Fsp3) is 0.941. The van der Waals surface area contributed by atoms with Crippen molar-refractivity contribution in [3.63, 3.8) is 0 Å². The molecule has 3 rings (SSSR count). The van der Waals surface area contributed by atoms with Gasteiger partial charge in [0, 0.05) is 19.7 Å². The smallest absolute Gasteiger partial charge is 0.191 e. The summed E-state index contributed by atoms with van der Waals surface area (Å²) in [6, 6.07) is 0. The molecular formula is C17H31N3O. The minimum atomic E-state index is -0.0469. The maximum Gasteiger partial charge on any atom is 0.191 e. The summed E-state index contributed by atoms with van der Waals surface area (Å²) >= 11 is 0. The Bertz CT molecular complexity index is 356. The number of rotatable bonds is 7. The summed E-state index contributed by atoms with van der Waals surface area (Å²) in [6.45, 7) is 7.98. The zero-order valence-corrected chi connectivity index (χ0v) is 13.7. The van der Waals surface area contributed by atoms with Gasteiger partial charge in [-0.25, -0.2) is 0 Å². The molecule has 2 N–H and O–H groups in total. The van der Waals surface area contributed by atoms with Gasteiger partial charge in [-0.2, -0.15) is 0 Å². The summed E-state index contributed by atoms with van der Waals surface area (Å²) in [4.78, 5) is 4.77. The van der Waals surface area contributed by atoms with Gasteiger partial charge in [0.25, 0.3) is 0 Å². The average molecular weight is 293 g/mol. The second kappa shape index (κ2) is 6.55. The van der Waals surface area contributed by atoms with Crippen molar-refractivity contribution in [1.82, 2.24) is 10.6 Å². The van der Waals surface area contributed by atoms with Crippen LogP contribution in [0.25, 0.3) is 0 Å². The highest BCUT2D eigenvalue weighted by Crippen LogP contribution is 2.48. The molecule has 1 unspecified atom stereocenters. The summed E-state index contributed by atoms with van der Waals surface area (Å²) < 4.78 is 5.83. The van der Waals surface area contributed by atoms with Crippen LogP contribution < -0.4 is 10.6 Å². The highest BCUT2D eigenvalue weighted by molar-refractivity contribution is 5.79. The van der Waals surface area contributed by atoms with Gasteiger partial charge < -0.3 is 15.4 Å². The van der Waals surface area contributed by atoms with Crippen molar-refractivity contribution in [3.8, 4) is 0 Å². The Hall–Kier alpha value is -0.770. The van der Waals surface area contributed by atoms with Crippen LogP contribution in [-0.2, 0) is 4.74 Å². The number of ether oxygens (including phenoxy) is 1. The lowest BCUT2D eigenvalue weighted by atomic mass is 9.98. The van der Waals surface area contributed by atoms with Crippen LogP contribution in [0.15, 0.2) is 4.99 Å². The van der Waals surface area contributed by atoms with Crippen LogP contribution in [-0.4, -0.2) is 37.8 Å². The van der Waals surface area contributed by atoms with Gasteiger partial charge in [0.15, 0.2) is 5.96 Å². The van der Waals surface area contributed by atoms with Crippen LogP contribution in [0.3, 0.4) is 0 Å². The SMILES string of the molecule is CCNC(=NCC1(C)CCCO1)NCC(C1CC1)C1CC1. The molecule has 3 fully saturated rings. The quantitative estimate of drug-likeness (QED) is 0.560. The van der Waals surface area contributed by atoms with Gasteiger partial charge in [-0.3, -0.25) is 4.99 Å². The molecule has 3 aliphatic rings. The van der Waals surface area contributed by atoms with Crippen molar-refractivity contribution in [1.29, 1.82) is 0 Å². The van der Waals surface area contributed by atoms with E-state index in [-0.39, 0.29) is 5.60 Å². The zero-order valence-electron chi connectivity index (χ0n) is 13.7. The first-order chi connectivity index (χ1) is 10.2. The Morgan fingerprint density at radius 3 is 2.48 bits per heavy atom. The molecule has 2 aliphatic carbocycles. The number of hydrogen-bond acceptors (Lipinski definition) is 2. The van der Waals surface area contributed by atoms with E-state index >= 15 is 0 Å². The van der Waals surface area contributed by atoms with Crippen molar-refractivity contribution in [2.75, 3.05) is 26.2 Å². The number of aliphatic imine (C=N–C) groups is 1. The second-order valence-corrected chi connectivity index (χ2v) is 7.32. The fourth-order valence-electron chi connectivity index (χ4n) is 3.53. The largest absolute Gasteiger partial charge is 0.373 e. The van der Waals surface area contributed by atoms with Gasteiger partial charge in [0.1, 0.15) is 0 Å². The third-order valence-corrected chi connectivity index (χ3v) is 5.18. The van der Waals surface area contributed by atoms with E-state index in [1.54, 1.807) is 0 Å². The lowest BCUT2D eigenvalue weighted by molar-refractivity contribution is 0.0283. The van der Waals surface area contributed by atoms with Gasteiger partial charge in [0.2, 0.25) is 0 Å². The topological polar surface area (TPSA) is 45.7 Å². The van der Waals surface area contributed by atoms with E-state index < -0.39 is 0 Å². The Balaban J connectivity index is 1.50. The highest BCUT2D eigenvalue weighted by atomic mass is 16.5. The number of nitrogens with one attached hydrogen (secondary N) is 2. The third-order valence-electron chi connectivity index (χ3n) is 5.18. The van der Waals surface area contributed by atoms with Crippen LogP contribution in [0.5, 0.6) is 0 Å². The minimum Gasteiger partial charge on any atom is -0.373 e. The van der Waals surface area contributed by atoms with E-state index in [0.717, 1.165) is 56.4 Å². The normalized spacial score (nSPS) is 30.0. The van der Waals surface area contributed by atoms with Crippen LogP contribution in [0.4, 0.5) is 0 Å². The zero-order chi connectivity index (χ0) is 14.7. The molecule has 0 aromatic rings. The molecule has 0 aromatic heterocycles. The number of hydrogen-bond donors (Lipinski definition) is 2. The standard InChI is InChI=1S/C17H31N3O/c1-3-18-16(20-12-17(2)9-4-10-21-17)19-11-15(13-5-6-13)14-7-8-14/h13-15H,3-12H2,1-2H3,(H2,18,19,20). The minimum absolute atomic E-state index is 0.0469. The molecular weight excluding hydrogens is 262 g/mol. The lowest BCUT2D eigenvalue weighted by Gasteiger charge is -2.22. The number of nitrogens with zero attached hydrogens (tertiary/aromatic N) is 1. The molecule has 1 aliphatic heterocycles. The maximum atomic E-state index is 5.83. The summed E-state index contributed by atoms with van der Waals surface area (Å²) in [6.07, 6.45) is 8.08. The van der Waals surface area contributed by atoms with E-state index in [2.05, 4.69) is 24.5 Å². The van der Waals surface area contributed by atoms with Crippen LogP contribution in [0, 0.1) is 17.8 Å². The molecule has 2 saturated carbocycles. The van der Waals surface area contributed by atoms with Gasteiger partial charge >= 0.3 is 0 Å². The monoisotopic (exact) mass is 293 g/mol. The first-order valence-corrected chi connectivity index (χ1v) is 8.86. The van der Waals surface area contributed by atoms with Crippen molar-refractivity contribution in [3.05, 3.63) is 0 Å². The predicted molar refractivity (Wildman–Crippen MR) is 86.5 cm³/mol. The maximum absolute atomic E-state index is 5.83. The molecule has 0 radical (unpaired) electrons. The summed E-state index contributed by atoms with van der Waals surface area (Å²) in [5.41, 5.74) is -0.0469. The molecule has 21 heavy (non-hydrogen) atoms. The van der Waals surface area contributed by atoms with Crippen LogP contribution >= 0.6 is 0 Å². The Labute approximate surface area is 129 Å². The Kier molecular flexibility index (Phi) is 4.72. The van der Waals surface area contributed by atoms with E-state index in [0.29, 0.717) is 0 Å². The van der Waals surface area contributed by atoms with Crippen molar-refractivity contribution in [2.24, 2.45) is 22.7 Å². The van der Waals surface area contributed by atoms with Gasteiger partial charge in [-0.15, -0.1) is 0 Å². The molecule has 1 heterocycles. The molecule has 120 valence electrons. The Morgan fingerprint density at radius 2 is 1.95 bits per heavy atom. The third kappa shape index (κ3) is 4.35. The molecule has 0 amide bonds. The van der Waals surface area contributed by atoms with E-state index in [1.165, 1.54) is 32.1 Å². The summed E-state index contributed by atoms with van der Waals surface area (Å²) in [5, 5.41) is 6.97. The lowest BCUT2D eigenvalue weighted by Crippen LogP contribution is -2.42. The average Bonchev–Trinajstić information content (AvgIpc) is 3.38. The Morgan fingerprint density at radius 1 is 1.24 bits per heavy atom. The molecule has 0 aromatic carbocycles. The molecule has 0 spiro atoms. The van der Waals surface area contributed by atoms with E-state index in [9.17, 15) is 0 Å². The second-order valence-electron chi connectivity index (χ2n) is 7.32. The first kappa shape index (κ1) is 15.1. The first-order valence-electron chi connectivity index (χ1n) is 8.86. The molecule has 4 heteroatoms. The van der Waals surface area contributed by atoms with Crippen molar-refractivity contribution >= 4 is 5.96 Å². The van der Waals surface area contributed by atoms with Gasteiger partial charge in [-0.1, -0.05) is 0 Å².